The third-order valence-corrected chi connectivity index (χ3v) is 2.54. The van der Waals surface area contributed by atoms with Gasteiger partial charge in [-0.25, -0.2) is 9.48 Å². The molecule has 1 rings (SSSR count). The molecular weight excluding hydrogens is 250 g/mol. The summed E-state index contributed by atoms with van der Waals surface area (Å²) in [7, 11) is 1.64. The van der Waals surface area contributed by atoms with E-state index in [1.54, 1.807) is 25.6 Å². The van der Waals surface area contributed by atoms with Crippen LogP contribution in [0.15, 0.2) is 0 Å². The quantitative estimate of drug-likeness (QED) is 0.489. The molecule has 7 nitrogen and oxygen atoms in total. The van der Waals surface area contributed by atoms with Crippen LogP contribution in [0.4, 0.5) is 0 Å². The number of hydrogen-bond donors (Lipinski definition) is 0. The number of methoxy groups -OCH3 is 1. The first-order chi connectivity index (χ1) is 9.20. The Hall–Kier alpha value is -1.47. The van der Waals surface area contributed by atoms with Gasteiger partial charge in [-0.05, 0) is 20.3 Å². The number of carbonyl (C=O) groups excluding carboxylic acids is 1. The summed E-state index contributed by atoms with van der Waals surface area (Å²) in [4.78, 5) is 11.6. The molecule has 0 spiro atoms. The molecule has 0 N–H and O–H groups in total. The monoisotopic (exact) mass is 271 g/mol. The van der Waals surface area contributed by atoms with E-state index in [2.05, 4.69) is 10.3 Å². The van der Waals surface area contributed by atoms with Crippen molar-refractivity contribution in [3.05, 3.63) is 11.4 Å². The maximum Gasteiger partial charge on any atom is 0.360 e. The molecule has 0 aliphatic carbocycles. The molecule has 7 heteroatoms. The van der Waals surface area contributed by atoms with Crippen LogP contribution >= 0.6 is 0 Å². The molecule has 0 radical (unpaired) electrons. The van der Waals surface area contributed by atoms with Crippen LogP contribution in [0.5, 0.6) is 0 Å². The normalized spacial score (nSPS) is 10.7. The molecule has 19 heavy (non-hydrogen) atoms. The molecule has 0 bridgehead atoms. The number of rotatable bonds is 9. The number of ether oxygens (including phenoxy) is 3. The van der Waals surface area contributed by atoms with Crippen LogP contribution in [-0.2, 0) is 20.8 Å². The minimum Gasteiger partial charge on any atom is -0.461 e. The van der Waals surface area contributed by atoms with Crippen LogP contribution in [0.1, 0.15) is 29.5 Å². The average Bonchev–Trinajstić information content (AvgIpc) is 2.75. The maximum absolute atomic E-state index is 11.6. The van der Waals surface area contributed by atoms with Gasteiger partial charge in [-0.3, -0.25) is 0 Å². The van der Waals surface area contributed by atoms with Crippen molar-refractivity contribution in [2.45, 2.75) is 26.8 Å². The highest BCUT2D eigenvalue weighted by molar-refractivity contribution is 5.88. The zero-order chi connectivity index (χ0) is 14.1. The van der Waals surface area contributed by atoms with Gasteiger partial charge >= 0.3 is 5.97 Å². The Bertz CT molecular complexity index is 392. The van der Waals surface area contributed by atoms with Crippen molar-refractivity contribution in [3.8, 4) is 0 Å². The van der Waals surface area contributed by atoms with Crippen molar-refractivity contribution < 1.29 is 19.0 Å². The van der Waals surface area contributed by atoms with Gasteiger partial charge in [0.25, 0.3) is 0 Å². The summed E-state index contributed by atoms with van der Waals surface area (Å²) in [5.41, 5.74) is 0.998. The van der Waals surface area contributed by atoms with Crippen molar-refractivity contribution in [2.75, 3.05) is 33.5 Å². The SMILES string of the molecule is CCOC(=O)c1nnn(CCCOCCOC)c1C. The van der Waals surface area contributed by atoms with Gasteiger partial charge in [-0.15, -0.1) is 5.10 Å². The second-order valence-corrected chi connectivity index (χ2v) is 3.93. The molecule has 1 heterocycles. The van der Waals surface area contributed by atoms with Crippen molar-refractivity contribution in [1.29, 1.82) is 0 Å². The van der Waals surface area contributed by atoms with Crippen LogP contribution in [0.2, 0.25) is 0 Å². The van der Waals surface area contributed by atoms with E-state index in [0.29, 0.717) is 33.0 Å². The van der Waals surface area contributed by atoms with Crippen molar-refractivity contribution >= 4 is 5.97 Å². The lowest BCUT2D eigenvalue weighted by molar-refractivity contribution is 0.0518. The molecule has 0 unspecified atom stereocenters. The number of nitrogens with zero attached hydrogens (tertiary/aromatic N) is 3. The highest BCUT2D eigenvalue weighted by atomic mass is 16.5. The lowest BCUT2D eigenvalue weighted by Gasteiger charge is -2.05. The fourth-order valence-electron chi connectivity index (χ4n) is 1.52. The summed E-state index contributed by atoms with van der Waals surface area (Å²) in [6, 6.07) is 0. The third kappa shape index (κ3) is 4.96. The number of esters is 1. The molecule has 1 aromatic heterocycles. The number of carbonyl (C=O) groups is 1. The second kappa shape index (κ2) is 8.60. The molecule has 0 fully saturated rings. The van der Waals surface area contributed by atoms with Gasteiger partial charge in [-0.2, -0.15) is 0 Å². The van der Waals surface area contributed by atoms with Crippen molar-refractivity contribution in [2.24, 2.45) is 0 Å². The van der Waals surface area contributed by atoms with Crippen molar-refractivity contribution in [3.63, 3.8) is 0 Å². The Morgan fingerprint density at radius 2 is 2.11 bits per heavy atom. The highest BCUT2D eigenvalue weighted by Crippen LogP contribution is 2.06. The van der Waals surface area contributed by atoms with Gasteiger partial charge < -0.3 is 14.2 Å². The predicted octanol–water partition coefficient (Wildman–Crippen LogP) is 0.816. The highest BCUT2D eigenvalue weighted by Gasteiger charge is 2.16. The number of aryl methyl sites for hydroxylation is 1. The van der Waals surface area contributed by atoms with Gasteiger partial charge in [-0.1, -0.05) is 5.21 Å². The lowest BCUT2D eigenvalue weighted by Crippen LogP contribution is -2.10. The van der Waals surface area contributed by atoms with Crippen LogP contribution in [0, 0.1) is 6.92 Å². The van der Waals surface area contributed by atoms with Crippen LogP contribution in [0.25, 0.3) is 0 Å². The fraction of sp³-hybridized carbons (Fsp3) is 0.750. The maximum atomic E-state index is 11.6. The molecule has 0 atom stereocenters. The first-order valence-electron chi connectivity index (χ1n) is 6.34. The summed E-state index contributed by atoms with van der Waals surface area (Å²) in [6.45, 7) is 6.35. The van der Waals surface area contributed by atoms with Gasteiger partial charge in [0.1, 0.15) is 0 Å². The molecule has 0 amide bonds. The molecule has 0 saturated heterocycles. The summed E-state index contributed by atoms with van der Waals surface area (Å²) in [5, 5.41) is 7.78. The molecule has 1 aromatic rings. The number of hydrogen-bond acceptors (Lipinski definition) is 6. The van der Waals surface area contributed by atoms with Crippen LogP contribution in [0.3, 0.4) is 0 Å². The minimum atomic E-state index is -0.428. The second-order valence-electron chi connectivity index (χ2n) is 3.93. The molecule has 0 aromatic carbocycles. The van der Waals surface area contributed by atoms with Crippen LogP contribution < -0.4 is 0 Å². The van der Waals surface area contributed by atoms with Gasteiger partial charge in [0.15, 0.2) is 5.69 Å². The summed E-state index contributed by atoms with van der Waals surface area (Å²) < 4.78 is 16.8. The fourth-order valence-corrected chi connectivity index (χ4v) is 1.52. The van der Waals surface area contributed by atoms with Gasteiger partial charge in [0, 0.05) is 20.3 Å². The van der Waals surface area contributed by atoms with E-state index in [1.807, 2.05) is 0 Å². The lowest BCUT2D eigenvalue weighted by atomic mass is 10.3. The predicted molar refractivity (Wildman–Crippen MR) is 68.0 cm³/mol. The van der Waals surface area contributed by atoms with E-state index in [9.17, 15) is 4.79 Å². The first kappa shape index (κ1) is 15.6. The first-order valence-corrected chi connectivity index (χ1v) is 6.34. The summed E-state index contributed by atoms with van der Waals surface area (Å²) in [5.74, 6) is -0.428. The Balaban J connectivity index is 2.37. The molecule has 0 saturated carbocycles. The Morgan fingerprint density at radius 3 is 2.79 bits per heavy atom. The van der Waals surface area contributed by atoms with E-state index in [-0.39, 0.29) is 5.69 Å². The van der Waals surface area contributed by atoms with Crippen LogP contribution in [-0.4, -0.2) is 54.5 Å². The van der Waals surface area contributed by atoms with E-state index >= 15 is 0 Å². The minimum absolute atomic E-state index is 0.280. The Kier molecular flexibility index (Phi) is 7.06. The molecular formula is C12H21N3O4. The van der Waals surface area contributed by atoms with E-state index in [1.165, 1.54) is 0 Å². The van der Waals surface area contributed by atoms with Gasteiger partial charge in [0.05, 0.1) is 25.5 Å². The summed E-state index contributed by atoms with van der Waals surface area (Å²) >= 11 is 0. The standard InChI is InChI=1S/C12H21N3O4/c1-4-19-12(16)11-10(2)15(14-13-11)6-5-7-18-9-8-17-3/h4-9H2,1-3H3. The largest absolute Gasteiger partial charge is 0.461 e. The van der Waals surface area contributed by atoms with E-state index in [4.69, 9.17) is 14.2 Å². The van der Waals surface area contributed by atoms with Crippen molar-refractivity contribution in [1.82, 2.24) is 15.0 Å². The molecule has 108 valence electrons. The zero-order valence-electron chi connectivity index (χ0n) is 11.7. The Labute approximate surface area is 112 Å². The average molecular weight is 271 g/mol. The third-order valence-electron chi connectivity index (χ3n) is 2.54. The van der Waals surface area contributed by atoms with E-state index < -0.39 is 5.97 Å². The molecule has 0 aliphatic heterocycles. The van der Waals surface area contributed by atoms with Gasteiger partial charge in [0.2, 0.25) is 0 Å². The summed E-state index contributed by atoms with van der Waals surface area (Å²) in [6.07, 6.45) is 0.802. The molecule has 0 aliphatic rings. The van der Waals surface area contributed by atoms with E-state index in [0.717, 1.165) is 12.1 Å². The topological polar surface area (TPSA) is 75.5 Å². The number of aromatic nitrogens is 3. The Morgan fingerprint density at radius 1 is 1.32 bits per heavy atom. The zero-order valence-corrected chi connectivity index (χ0v) is 11.7. The smallest absolute Gasteiger partial charge is 0.360 e.